The summed E-state index contributed by atoms with van der Waals surface area (Å²) in [6.07, 6.45) is 5.62. The zero-order valence-electron chi connectivity index (χ0n) is 16.9. The predicted molar refractivity (Wildman–Crippen MR) is 111 cm³/mol. The van der Waals surface area contributed by atoms with Gasteiger partial charge in [0, 0.05) is 31.9 Å². The van der Waals surface area contributed by atoms with Gasteiger partial charge in [-0.15, -0.1) is 5.10 Å². The van der Waals surface area contributed by atoms with E-state index in [2.05, 4.69) is 49.7 Å². The molecule has 0 spiro atoms. The molecule has 1 aromatic heterocycles. The van der Waals surface area contributed by atoms with Crippen molar-refractivity contribution in [2.24, 2.45) is 0 Å². The number of benzene rings is 1. The monoisotopic (exact) mass is 398 g/mol. The normalized spacial score (nSPS) is 18.0. The Balaban J connectivity index is 1.23. The number of nitrogens with zero attached hydrogens (tertiary/aromatic N) is 5. The molecule has 2 fully saturated rings. The molecule has 8 heteroatoms. The Labute approximate surface area is 171 Å². The number of aromatic nitrogens is 3. The number of carbonyl (C=O) groups is 1. The summed E-state index contributed by atoms with van der Waals surface area (Å²) in [5.41, 5.74) is 2.63. The fourth-order valence-electron chi connectivity index (χ4n) is 3.86. The van der Waals surface area contributed by atoms with Gasteiger partial charge < -0.3 is 19.9 Å². The summed E-state index contributed by atoms with van der Waals surface area (Å²) >= 11 is 0. The van der Waals surface area contributed by atoms with E-state index in [0.29, 0.717) is 12.2 Å². The molecule has 2 aliphatic rings. The number of morpholine rings is 1. The van der Waals surface area contributed by atoms with Gasteiger partial charge in [0.15, 0.2) is 5.69 Å². The molecule has 0 saturated carbocycles. The lowest BCUT2D eigenvalue weighted by Gasteiger charge is -2.28. The minimum atomic E-state index is -0.188. The molecule has 0 aliphatic carbocycles. The van der Waals surface area contributed by atoms with Crippen molar-refractivity contribution in [2.75, 3.05) is 50.8 Å². The van der Waals surface area contributed by atoms with Crippen LogP contribution in [0, 0.1) is 0 Å². The number of carbonyl (C=O) groups excluding carboxylic acids is 1. The molecule has 1 N–H and O–H groups in total. The summed E-state index contributed by atoms with van der Waals surface area (Å²) in [7, 11) is 0. The van der Waals surface area contributed by atoms with Gasteiger partial charge in [-0.05, 0) is 43.6 Å². The van der Waals surface area contributed by atoms with Gasteiger partial charge in [-0.1, -0.05) is 23.8 Å². The molecule has 1 amide bonds. The third kappa shape index (κ3) is 5.55. The Hall–Kier alpha value is -2.45. The highest BCUT2D eigenvalue weighted by Crippen LogP contribution is 2.16. The van der Waals surface area contributed by atoms with Gasteiger partial charge in [-0.25, -0.2) is 0 Å². The van der Waals surface area contributed by atoms with Crippen molar-refractivity contribution in [3.63, 3.8) is 0 Å². The second kappa shape index (κ2) is 9.84. The van der Waals surface area contributed by atoms with E-state index in [0.717, 1.165) is 58.0 Å². The average molecular weight is 399 g/mol. The number of likely N-dealkylation sites (tertiary alicyclic amines) is 1. The number of rotatable bonds is 7. The number of amides is 1. The average Bonchev–Trinajstić information content (AvgIpc) is 3.27. The Morgan fingerprint density at radius 2 is 1.76 bits per heavy atom. The summed E-state index contributed by atoms with van der Waals surface area (Å²) < 4.78 is 7.16. The zero-order chi connectivity index (χ0) is 19.9. The molecule has 2 aromatic rings. The largest absolute Gasteiger partial charge is 0.378 e. The first-order valence-electron chi connectivity index (χ1n) is 10.6. The highest BCUT2D eigenvalue weighted by molar-refractivity contribution is 5.91. The van der Waals surface area contributed by atoms with Crippen molar-refractivity contribution < 1.29 is 9.53 Å². The van der Waals surface area contributed by atoms with E-state index in [1.54, 1.807) is 10.9 Å². The molecule has 0 bridgehead atoms. The van der Waals surface area contributed by atoms with E-state index in [1.807, 2.05) is 0 Å². The topological polar surface area (TPSA) is 75.5 Å². The Morgan fingerprint density at radius 1 is 1.00 bits per heavy atom. The molecule has 3 heterocycles. The Kier molecular flexibility index (Phi) is 6.74. The smallest absolute Gasteiger partial charge is 0.273 e. The van der Waals surface area contributed by atoms with Crippen LogP contribution in [-0.4, -0.2) is 71.7 Å². The number of ether oxygens (including phenoxy) is 1. The summed E-state index contributed by atoms with van der Waals surface area (Å²) in [6, 6.07) is 8.31. The van der Waals surface area contributed by atoms with Crippen LogP contribution < -0.4 is 10.2 Å². The molecule has 29 heavy (non-hydrogen) atoms. The molecular formula is C21H30N6O2. The maximum Gasteiger partial charge on any atom is 0.273 e. The van der Waals surface area contributed by atoms with Crippen LogP contribution in [0.25, 0.3) is 0 Å². The van der Waals surface area contributed by atoms with Gasteiger partial charge >= 0.3 is 0 Å². The first kappa shape index (κ1) is 19.8. The maximum atomic E-state index is 12.4. The minimum absolute atomic E-state index is 0.188. The van der Waals surface area contributed by atoms with Crippen LogP contribution in [0.2, 0.25) is 0 Å². The Bertz CT molecular complexity index is 779. The fourth-order valence-corrected chi connectivity index (χ4v) is 3.86. The number of hydrogen-bond donors (Lipinski definition) is 1. The predicted octanol–water partition coefficient (Wildman–Crippen LogP) is 1.53. The third-order valence-electron chi connectivity index (χ3n) is 5.63. The minimum Gasteiger partial charge on any atom is -0.378 e. The molecule has 2 saturated heterocycles. The maximum absolute atomic E-state index is 12.4. The molecule has 8 nitrogen and oxygen atoms in total. The lowest BCUT2D eigenvalue weighted by Crippen LogP contribution is -2.36. The van der Waals surface area contributed by atoms with Gasteiger partial charge in [0.1, 0.15) is 0 Å². The van der Waals surface area contributed by atoms with Crippen LogP contribution in [0.4, 0.5) is 5.69 Å². The number of hydrogen-bond acceptors (Lipinski definition) is 6. The van der Waals surface area contributed by atoms with Crippen molar-refractivity contribution in [3.05, 3.63) is 41.7 Å². The SMILES string of the molecule is O=C(NCc1ccc(N2CCOCC2)cc1)c1cn(CCN2CCCCC2)nn1. The van der Waals surface area contributed by atoms with Gasteiger partial charge in [-0.2, -0.15) is 0 Å². The number of nitrogens with one attached hydrogen (secondary N) is 1. The van der Waals surface area contributed by atoms with Crippen LogP contribution in [0.3, 0.4) is 0 Å². The third-order valence-corrected chi connectivity index (χ3v) is 5.63. The van der Waals surface area contributed by atoms with Crippen LogP contribution in [-0.2, 0) is 17.8 Å². The van der Waals surface area contributed by atoms with Crippen LogP contribution >= 0.6 is 0 Å². The van der Waals surface area contributed by atoms with E-state index >= 15 is 0 Å². The van der Waals surface area contributed by atoms with Gasteiger partial charge in [0.2, 0.25) is 0 Å². The van der Waals surface area contributed by atoms with Crippen molar-refractivity contribution in [2.45, 2.75) is 32.4 Å². The van der Waals surface area contributed by atoms with Gasteiger partial charge in [0.05, 0.1) is 26.0 Å². The first-order chi connectivity index (χ1) is 14.3. The quantitative estimate of drug-likeness (QED) is 0.762. The van der Waals surface area contributed by atoms with E-state index in [-0.39, 0.29) is 5.91 Å². The molecule has 0 radical (unpaired) electrons. The number of piperidine rings is 1. The van der Waals surface area contributed by atoms with Gasteiger partial charge in [-0.3, -0.25) is 9.48 Å². The van der Waals surface area contributed by atoms with Crippen LogP contribution in [0.15, 0.2) is 30.5 Å². The fraction of sp³-hybridized carbons (Fsp3) is 0.571. The molecule has 0 atom stereocenters. The Morgan fingerprint density at radius 3 is 2.52 bits per heavy atom. The molecule has 4 rings (SSSR count). The standard InChI is InChI=1S/C21H30N6O2/c28-21(20-17-27(24-23-20)11-10-25-8-2-1-3-9-25)22-16-18-4-6-19(7-5-18)26-12-14-29-15-13-26/h4-7,17H,1-3,8-16H2,(H,22,28). The summed E-state index contributed by atoms with van der Waals surface area (Å²) in [4.78, 5) is 17.2. The summed E-state index contributed by atoms with van der Waals surface area (Å²) in [6.45, 7) is 7.91. The van der Waals surface area contributed by atoms with Crippen molar-refractivity contribution in [3.8, 4) is 0 Å². The van der Waals surface area contributed by atoms with Gasteiger partial charge in [0.25, 0.3) is 5.91 Å². The molecule has 2 aliphatic heterocycles. The molecule has 1 aromatic carbocycles. The van der Waals surface area contributed by atoms with E-state index in [9.17, 15) is 4.79 Å². The van der Waals surface area contributed by atoms with Crippen LogP contribution in [0.5, 0.6) is 0 Å². The van der Waals surface area contributed by atoms with Crippen molar-refractivity contribution >= 4 is 11.6 Å². The second-order valence-electron chi connectivity index (χ2n) is 7.72. The van der Waals surface area contributed by atoms with E-state index in [4.69, 9.17) is 4.74 Å². The molecule has 0 unspecified atom stereocenters. The van der Waals surface area contributed by atoms with Crippen molar-refractivity contribution in [1.29, 1.82) is 0 Å². The van der Waals surface area contributed by atoms with E-state index in [1.165, 1.54) is 24.9 Å². The number of anilines is 1. The summed E-state index contributed by atoms with van der Waals surface area (Å²) in [5, 5.41) is 11.1. The second-order valence-corrected chi connectivity index (χ2v) is 7.72. The molecular weight excluding hydrogens is 368 g/mol. The first-order valence-corrected chi connectivity index (χ1v) is 10.6. The van der Waals surface area contributed by atoms with Crippen molar-refractivity contribution in [1.82, 2.24) is 25.2 Å². The van der Waals surface area contributed by atoms with Crippen LogP contribution in [0.1, 0.15) is 35.3 Å². The molecule has 156 valence electrons. The highest BCUT2D eigenvalue weighted by Gasteiger charge is 2.14. The van der Waals surface area contributed by atoms with E-state index < -0.39 is 0 Å². The highest BCUT2D eigenvalue weighted by atomic mass is 16.5. The lowest BCUT2D eigenvalue weighted by atomic mass is 10.1. The lowest BCUT2D eigenvalue weighted by molar-refractivity contribution is 0.0945. The summed E-state index contributed by atoms with van der Waals surface area (Å²) in [5.74, 6) is -0.188. The zero-order valence-corrected chi connectivity index (χ0v) is 16.9.